The molecule has 0 saturated carbocycles. The summed E-state index contributed by atoms with van der Waals surface area (Å²) in [5.41, 5.74) is 1.45. The van der Waals surface area contributed by atoms with E-state index in [4.69, 9.17) is 16.3 Å². The van der Waals surface area contributed by atoms with Gasteiger partial charge in [0, 0.05) is 6.54 Å². The van der Waals surface area contributed by atoms with Crippen molar-refractivity contribution in [1.82, 2.24) is 9.88 Å². The minimum absolute atomic E-state index is 0.0944. The number of carbonyl (C=O) groups excluding carboxylic acids is 1. The summed E-state index contributed by atoms with van der Waals surface area (Å²) >= 11 is 5.85. The van der Waals surface area contributed by atoms with Crippen molar-refractivity contribution in [1.29, 1.82) is 0 Å². The van der Waals surface area contributed by atoms with Gasteiger partial charge in [0.25, 0.3) is 5.91 Å². The van der Waals surface area contributed by atoms with Crippen molar-refractivity contribution >= 4 is 17.5 Å². The van der Waals surface area contributed by atoms with Crippen molar-refractivity contribution in [2.45, 2.75) is 6.10 Å². The molecule has 0 bridgehead atoms. The van der Waals surface area contributed by atoms with Crippen molar-refractivity contribution in [3.05, 3.63) is 64.9 Å². The molecule has 1 aromatic carbocycles. The van der Waals surface area contributed by atoms with Crippen LogP contribution < -0.4 is 0 Å². The quantitative estimate of drug-likeness (QED) is 0.801. The maximum atomic E-state index is 12.5. The molecule has 0 N–H and O–H groups in total. The Morgan fingerprint density at radius 3 is 2.76 bits per heavy atom. The van der Waals surface area contributed by atoms with Crippen molar-refractivity contribution < 1.29 is 9.53 Å². The summed E-state index contributed by atoms with van der Waals surface area (Å²) in [5, 5.41) is 0.328. The molecule has 21 heavy (non-hydrogen) atoms. The van der Waals surface area contributed by atoms with E-state index in [1.807, 2.05) is 30.3 Å². The first-order chi connectivity index (χ1) is 10.2. The molecule has 0 spiro atoms. The molecule has 0 aliphatic carbocycles. The summed E-state index contributed by atoms with van der Waals surface area (Å²) in [6, 6.07) is 15.0. The second-order valence-electron chi connectivity index (χ2n) is 4.87. The van der Waals surface area contributed by atoms with E-state index in [0.29, 0.717) is 30.5 Å². The fourth-order valence-corrected chi connectivity index (χ4v) is 2.56. The Bertz CT molecular complexity index is 633. The third-order valence-electron chi connectivity index (χ3n) is 3.46. The van der Waals surface area contributed by atoms with Crippen LogP contribution in [-0.2, 0) is 4.74 Å². The third-order valence-corrected chi connectivity index (χ3v) is 3.67. The van der Waals surface area contributed by atoms with Crippen LogP contribution in [0.25, 0.3) is 0 Å². The van der Waals surface area contributed by atoms with Gasteiger partial charge in [-0.3, -0.25) is 4.79 Å². The number of morpholine rings is 1. The highest BCUT2D eigenvalue weighted by atomic mass is 35.5. The number of rotatable bonds is 2. The number of carbonyl (C=O) groups is 1. The molecule has 4 nitrogen and oxygen atoms in total. The van der Waals surface area contributed by atoms with Crippen LogP contribution in [0.2, 0.25) is 5.15 Å². The molecule has 1 aromatic heterocycles. The van der Waals surface area contributed by atoms with E-state index in [1.165, 1.54) is 0 Å². The Kier molecular flexibility index (Phi) is 4.18. The standard InChI is InChI=1S/C16H15ClN2O2/c17-15-8-4-7-13(18-15)16(20)19-9-10-21-14(11-19)12-5-2-1-3-6-12/h1-8,14H,9-11H2. The van der Waals surface area contributed by atoms with Gasteiger partial charge < -0.3 is 9.64 Å². The fraction of sp³-hybridized carbons (Fsp3) is 0.250. The Hall–Kier alpha value is -1.91. The van der Waals surface area contributed by atoms with Crippen LogP contribution in [0, 0.1) is 0 Å². The van der Waals surface area contributed by atoms with Crippen molar-refractivity contribution in [2.75, 3.05) is 19.7 Å². The largest absolute Gasteiger partial charge is 0.370 e. The Morgan fingerprint density at radius 1 is 1.19 bits per heavy atom. The fourth-order valence-electron chi connectivity index (χ4n) is 2.39. The molecule has 0 radical (unpaired) electrons. The minimum Gasteiger partial charge on any atom is -0.370 e. The molecular weight excluding hydrogens is 288 g/mol. The maximum Gasteiger partial charge on any atom is 0.272 e. The van der Waals surface area contributed by atoms with E-state index < -0.39 is 0 Å². The molecule has 108 valence electrons. The van der Waals surface area contributed by atoms with Gasteiger partial charge in [-0.1, -0.05) is 48.0 Å². The van der Waals surface area contributed by atoms with Crippen molar-refractivity contribution in [2.24, 2.45) is 0 Å². The zero-order chi connectivity index (χ0) is 14.7. The van der Waals surface area contributed by atoms with E-state index in [1.54, 1.807) is 23.1 Å². The first kappa shape index (κ1) is 14.0. The smallest absolute Gasteiger partial charge is 0.272 e. The summed E-state index contributed by atoms with van der Waals surface area (Å²) in [6.45, 7) is 1.61. The van der Waals surface area contributed by atoms with Gasteiger partial charge >= 0.3 is 0 Å². The van der Waals surface area contributed by atoms with E-state index in [0.717, 1.165) is 5.56 Å². The topological polar surface area (TPSA) is 42.4 Å². The highest BCUT2D eigenvalue weighted by Gasteiger charge is 2.26. The molecule has 1 aliphatic rings. The summed E-state index contributed by atoms with van der Waals surface area (Å²) in [6.07, 6.45) is -0.0944. The maximum absolute atomic E-state index is 12.5. The number of nitrogens with zero attached hydrogens (tertiary/aromatic N) is 2. The normalized spacial score (nSPS) is 18.5. The average molecular weight is 303 g/mol. The Morgan fingerprint density at radius 2 is 2.00 bits per heavy atom. The first-order valence-electron chi connectivity index (χ1n) is 6.82. The SMILES string of the molecule is O=C(c1cccc(Cl)n1)N1CCOC(c2ccccc2)C1. The molecule has 1 fully saturated rings. The van der Waals surface area contributed by atoms with Crippen LogP contribution in [0.3, 0.4) is 0 Å². The summed E-state index contributed by atoms with van der Waals surface area (Å²) in [4.78, 5) is 18.3. The van der Waals surface area contributed by atoms with E-state index >= 15 is 0 Å². The molecule has 2 aromatic rings. The van der Waals surface area contributed by atoms with Crippen molar-refractivity contribution in [3.63, 3.8) is 0 Å². The highest BCUT2D eigenvalue weighted by Crippen LogP contribution is 2.23. The minimum atomic E-state index is -0.110. The number of hydrogen-bond donors (Lipinski definition) is 0. The number of pyridine rings is 1. The molecule has 1 saturated heterocycles. The molecule has 5 heteroatoms. The van der Waals surface area contributed by atoms with E-state index in [-0.39, 0.29) is 12.0 Å². The van der Waals surface area contributed by atoms with Crippen LogP contribution in [0.1, 0.15) is 22.2 Å². The lowest BCUT2D eigenvalue weighted by atomic mass is 10.1. The van der Waals surface area contributed by atoms with Gasteiger partial charge in [-0.15, -0.1) is 0 Å². The lowest BCUT2D eigenvalue weighted by molar-refractivity contribution is -0.0230. The van der Waals surface area contributed by atoms with Gasteiger partial charge in [-0.05, 0) is 17.7 Å². The molecule has 1 aliphatic heterocycles. The first-order valence-corrected chi connectivity index (χ1v) is 7.20. The van der Waals surface area contributed by atoms with Gasteiger partial charge in [0.1, 0.15) is 17.0 Å². The van der Waals surface area contributed by atoms with E-state index in [2.05, 4.69) is 4.98 Å². The Labute approximate surface area is 128 Å². The number of halogens is 1. The van der Waals surface area contributed by atoms with Gasteiger partial charge in [0.15, 0.2) is 0 Å². The molecule has 2 heterocycles. The van der Waals surface area contributed by atoms with Crippen LogP contribution in [0.5, 0.6) is 0 Å². The van der Waals surface area contributed by atoms with E-state index in [9.17, 15) is 4.79 Å². The van der Waals surface area contributed by atoms with Crippen LogP contribution in [0.4, 0.5) is 0 Å². The number of hydrogen-bond acceptors (Lipinski definition) is 3. The lowest BCUT2D eigenvalue weighted by Crippen LogP contribution is -2.42. The monoisotopic (exact) mass is 302 g/mol. The number of aromatic nitrogens is 1. The second kappa shape index (κ2) is 6.24. The summed E-state index contributed by atoms with van der Waals surface area (Å²) in [7, 11) is 0. The van der Waals surface area contributed by atoms with Gasteiger partial charge in [-0.2, -0.15) is 0 Å². The number of benzene rings is 1. The average Bonchev–Trinajstić information content (AvgIpc) is 2.55. The van der Waals surface area contributed by atoms with Crippen LogP contribution >= 0.6 is 11.6 Å². The zero-order valence-corrected chi connectivity index (χ0v) is 12.2. The van der Waals surface area contributed by atoms with Crippen LogP contribution in [-0.4, -0.2) is 35.5 Å². The van der Waals surface area contributed by atoms with Gasteiger partial charge in [0.2, 0.25) is 0 Å². The highest BCUT2D eigenvalue weighted by molar-refractivity contribution is 6.29. The van der Waals surface area contributed by atoms with Gasteiger partial charge in [-0.25, -0.2) is 4.98 Å². The predicted molar refractivity (Wildman–Crippen MR) is 80.3 cm³/mol. The molecular formula is C16H15ClN2O2. The molecule has 1 unspecified atom stereocenters. The summed E-state index contributed by atoms with van der Waals surface area (Å²) in [5.74, 6) is -0.110. The Balaban J connectivity index is 1.75. The van der Waals surface area contributed by atoms with Gasteiger partial charge in [0.05, 0.1) is 13.2 Å². The number of ether oxygens (including phenoxy) is 1. The van der Waals surface area contributed by atoms with Crippen LogP contribution in [0.15, 0.2) is 48.5 Å². The zero-order valence-electron chi connectivity index (χ0n) is 11.4. The molecule has 1 amide bonds. The summed E-state index contributed by atoms with van der Waals surface area (Å²) < 4.78 is 5.76. The molecule has 3 rings (SSSR count). The van der Waals surface area contributed by atoms with Crippen molar-refractivity contribution in [3.8, 4) is 0 Å². The molecule has 1 atom stereocenters. The second-order valence-corrected chi connectivity index (χ2v) is 5.25. The lowest BCUT2D eigenvalue weighted by Gasteiger charge is -2.33. The third kappa shape index (κ3) is 3.23. The predicted octanol–water partition coefficient (Wildman–Crippen LogP) is 2.95. The number of amides is 1.